The SMILES string of the molecule is C[SiH](C)OC(c1c(-c2ccccc2)coc1C(=O)NN)C(C)(C)C. The predicted octanol–water partition coefficient (Wildman–Crippen LogP) is 3.64. The number of hydrogen-bond donors (Lipinski definition) is 2. The predicted molar refractivity (Wildman–Crippen MR) is 98.0 cm³/mol. The van der Waals surface area contributed by atoms with Crippen LogP contribution < -0.4 is 11.3 Å². The zero-order valence-corrected chi connectivity index (χ0v) is 16.1. The second kappa shape index (κ2) is 7.34. The maximum Gasteiger partial charge on any atom is 0.301 e. The van der Waals surface area contributed by atoms with Crippen LogP contribution in [0, 0.1) is 5.41 Å². The highest BCUT2D eigenvalue weighted by atomic mass is 28.3. The molecule has 130 valence electrons. The molecule has 0 saturated heterocycles. The van der Waals surface area contributed by atoms with Gasteiger partial charge in [0.05, 0.1) is 12.4 Å². The van der Waals surface area contributed by atoms with Crippen molar-refractivity contribution in [3.63, 3.8) is 0 Å². The number of nitrogen functional groups attached to an aromatic ring is 1. The van der Waals surface area contributed by atoms with Crippen molar-refractivity contribution in [3.8, 4) is 11.1 Å². The Bertz CT molecular complexity index is 690. The smallest absolute Gasteiger partial charge is 0.301 e. The molecule has 1 aromatic carbocycles. The van der Waals surface area contributed by atoms with Gasteiger partial charge in [0, 0.05) is 11.1 Å². The maximum absolute atomic E-state index is 12.2. The van der Waals surface area contributed by atoms with E-state index < -0.39 is 14.9 Å². The second-order valence-electron chi connectivity index (χ2n) is 7.16. The van der Waals surface area contributed by atoms with Gasteiger partial charge in [0.15, 0.2) is 14.8 Å². The number of carbonyl (C=O) groups excluding carboxylic acids is 1. The van der Waals surface area contributed by atoms with Crippen LogP contribution in [0.2, 0.25) is 13.1 Å². The summed E-state index contributed by atoms with van der Waals surface area (Å²) in [5.74, 6) is 5.10. The summed E-state index contributed by atoms with van der Waals surface area (Å²) in [7, 11) is -1.35. The normalized spacial score (nSPS) is 13.1. The van der Waals surface area contributed by atoms with E-state index in [4.69, 9.17) is 14.7 Å². The Morgan fingerprint density at radius 2 is 1.88 bits per heavy atom. The van der Waals surface area contributed by atoms with Gasteiger partial charge in [-0.25, -0.2) is 5.84 Å². The average Bonchev–Trinajstić information content (AvgIpc) is 2.95. The van der Waals surface area contributed by atoms with Crippen LogP contribution in [-0.4, -0.2) is 14.9 Å². The van der Waals surface area contributed by atoms with Crippen LogP contribution in [0.5, 0.6) is 0 Å². The van der Waals surface area contributed by atoms with Gasteiger partial charge in [-0.3, -0.25) is 10.2 Å². The highest BCUT2D eigenvalue weighted by Gasteiger charge is 2.35. The van der Waals surface area contributed by atoms with Gasteiger partial charge in [0.2, 0.25) is 0 Å². The highest BCUT2D eigenvalue weighted by Crippen LogP contribution is 2.43. The largest absolute Gasteiger partial charge is 0.458 e. The molecule has 0 aliphatic heterocycles. The van der Waals surface area contributed by atoms with Crippen molar-refractivity contribution in [2.45, 2.75) is 40.0 Å². The second-order valence-corrected chi connectivity index (χ2v) is 9.53. The minimum Gasteiger partial charge on any atom is -0.458 e. The van der Waals surface area contributed by atoms with E-state index >= 15 is 0 Å². The number of nitrogens with two attached hydrogens (primary N) is 1. The van der Waals surface area contributed by atoms with Gasteiger partial charge in [-0.1, -0.05) is 51.1 Å². The molecule has 5 nitrogen and oxygen atoms in total. The van der Waals surface area contributed by atoms with Crippen LogP contribution in [0.3, 0.4) is 0 Å². The fourth-order valence-corrected chi connectivity index (χ4v) is 3.78. The molecule has 1 amide bonds. The number of carbonyl (C=O) groups is 1. The summed E-state index contributed by atoms with van der Waals surface area (Å²) in [4.78, 5) is 12.2. The summed E-state index contributed by atoms with van der Waals surface area (Å²) in [5.41, 5.74) is 4.58. The first kappa shape index (κ1) is 18.4. The van der Waals surface area contributed by atoms with Crippen molar-refractivity contribution < 1.29 is 13.6 Å². The lowest BCUT2D eigenvalue weighted by atomic mass is 9.82. The lowest BCUT2D eigenvalue weighted by molar-refractivity contribution is 0.0801. The number of furan rings is 1. The zero-order chi connectivity index (χ0) is 17.9. The van der Waals surface area contributed by atoms with Crippen LogP contribution in [-0.2, 0) is 4.43 Å². The van der Waals surface area contributed by atoms with Crippen LogP contribution in [0.15, 0.2) is 41.0 Å². The minimum atomic E-state index is -1.35. The molecule has 6 heteroatoms. The van der Waals surface area contributed by atoms with Gasteiger partial charge in [-0.15, -0.1) is 0 Å². The van der Waals surface area contributed by atoms with Crippen molar-refractivity contribution in [1.82, 2.24) is 5.43 Å². The van der Waals surface area contributed by atoms with Gasteiger partial charge in [-0.05, 0) is 24.1 Å². The summed E-state index contributed by atoms with van der Waals surface area (Å²) in [6, 6.07) is 9.85. The molecule has 2 rings (SSSR count). The van der Waals surface area contributed by atoms with Crippen molar-refractivity contribution in [2.24, 2.45) is 11.3 Å². The quantitative estimate of drug-likeness (QED) is 0.375. The summed E-state index contributed by atoms with van der Waals surface area (Å²) < 4.78 is 11.9. The molecular formula is C18H26N2O3Si. The Morgan fingerprint density at radius 1 is 1.25 bits per heavy atom. The molecule has 2 aromatic rings. The van der Waals surface area contributed by atoms with Crippen molar-refractivity contribution in [2.75, 3.05) is 0 Å². The van der Waals surface area contributed by atoms with E-state index in [-0.39, 0.29) is 17.3 Å². The molecule has 0 bridgehead atoms. The van der Waals surface area contributed by atoms with Crippen LogP contribution >= 0.6 is 0 Å². The average molecular weight is 347 g/mol. The zero-order valence-electron chi connectivity index (χ0n) is 14.9. The van der Waals surface area contributed by atoms with E-state index in [1.54, 1.807) is 6.26 Å². The Labute approximate surface area is 144 Å². The van der Waals surface area contributed by atoms with Gasteiger partial charge >= 0.3 is 5.91 Å². The number of benzene rings is 1. The lowest BCUT2D eigenvalue weighted by Crippen LogP contribution is -2.33. The Kier molecular flexibility index (Phi) is 5.64. The summed E-state index contributed by atoms with van der Waals surface area (Å²) in [5, 5.41) is 0. The highest BCUT2D eigenvalue weighted by molar-refractivity contribution is 6.48. The standard InChI is InChI=1S/C18H26N2O3Si/c1-18(2,3)16(23-24(4)5)14-13(12-9-7-6-8-10-12)11-22-15(14)17(21)20-19/h6-11,16,24H,19H2,1-5H3,(H,20,21). The van der Waals surface area contributed by atoms with Gasteiger partial charge in [0.1, 0.15) is 0 Å². The van der Waals surface area contributed by atoms with Crippen molar-refractivity contribution in [1.29, 1.82) is 0 Å². The molecule has 1 aromatic heterocycles. The van der Waals surface area contributed by atoms with Gasteiger partial charge in [0.25, 0.3) is 0 Å². The number of hydrazine groups is 1. The molecular weight excluding hydrogens is 320 g/mol. The topological polar surface area (TPSA) is 77.5 Å². The molecule has 0 spiro atoms. The first-order valence-corrected chi connectivity index (χ1v) is 10.9. The molecule has 0 saturated carbocycles. The lowest BCUT2D eigenvalue weighted by Gasteiger charge is -2.33. The Balaban J connectivity index is 2.67. The van der Waals surface area contributed by atoms with E-state index in [2.05, 4.69) is 39.3 Å². The first-order valence-electron chi connectivity index (χ1n) is 8.09. The van der Waals surface area contributed by atoms with Gasteiger partial charge < -0.3 is 8.84 Å². The molecule has 0 fully saturated rings. The summed E-state index contributed by atoms with van der Waals surface area (Å²) in [6.45, 7) is 10.5. The minimum absolute atomic E-state index is 0.200. The molecule has 0 radical (unpaired) electrons. The monoisotopic (exact) mass is 346 g/mol. The number of amides is 1. The fourth-order valence-electron chi connectivity index (χ4n) is 2.69. The summed E-state index contributed by atoms with van der Waals surface area (Å²) >= 11 is 0. The molecule has 24 heavy (non-hydrogen) atoms. The Morgan fingerprint density at radius 3 is 2.38 bits per heavy atom. The third-order valence-electron chi connectivity index (χ3n) is 3.71. The van der Waals surface area contributed by atoms with E-state index in [0.29, 0.717) is 0 Å². The van der Waals surface area contributed by atoms with E-state index in [9.17, 15) is 4.79 Å². The Hall–Kier alpha value is -1.89. The number of rotatable bonds is 5. The third-order valence-corrected chi connectivity index (χ3v) is 4.53. The fraction of sp³-hybridized carbons (Fsp3) is 0.389. The van der Waals surface area contributed by atoms with Crippen LogP contribution in [0.1, 0.15) is 43.0 Å². The first-order chi connectivity index (χ1) is 11.3. The maximum atomic E-state index is 12.2. The number of nitrogens with one attached hydrogen (secondary N) is 1. The van der Waals surface area contributed by atoms with E-state index in [1.165, 1.54) is 0 Å². The summed E-state index contributed by atoms with van der Waals surface area (Å²) in [6.07, 6.45) is 1.35. The number of hydrogen-bond acceptors (Lipinski definition) is 4. The van der Waals surface area contributed by atoms with Gasteiger partial charge in [-0.2, -0.15) is 0 Å². The van der Waals surface area contributed by atoms with E-state index in [1.807, 2.05) is 30.3 Å². The molecule has 1 atom stereocenters. The molecule has 1 unspecified atom stereocenters. The molecule has 0 aliphatic carbocycles. The molecule has 3 N–H and O–H groups in total. The van der Waals surface area contributed by atoms with Crippen LogP contribution in [0.4, 0.5) is 0 Å². The van der Waals surface area contributed by atoms with Crippen LogP contribution in [0.25, 0.3) is 11.1 Å². The third kappa shape index (κ3) is 3.95. The molecule has 1 heterocycles. The van der Waals surface area contributed by atoms with Crippen molar-refractivity contribution >= 4 is 14.9 Å². The van der Waals surface area contributed by atoms with Crippen molar-refractivity contribution in [3.05, 3.63) is 47.9 Å². The van der Waals surface area contributed by atoms with E-state index in [0.717, 1.165) is 16.7 Å². The molecule has 0 aliphatic rings.